The third-order valence-electron chi connectivity index (χ3n) is 5.62. The van der Waals surface area contributed by atoms with Gasteiger partial charge in [0.2, 0.25) is 11.8 Å². The van der Waals surface area contributed by atoms with E-state index in [0.717, 1.165) is 31.2 Å². The molecule has 0 aliphatic heterocycles. The summed E-state index contributed by atoms with van der Waals surface area (Å²) in [5, 5.41) is 3.09. The van der Waals surface area contributed by atoms with E-state index >= 15 is 0 Å². The molecule has 0 radical (unpaired) electrons. The zero-order valence-corrected chi connectivity index (χ0v) is 17.2. The Labute approximate surface area is 176 Å². The van der Waals surface area contributed by atoms with Gasteiger partial charge in [-0.05, 0) is 54.7 Å². The molecule has 0 aromatic heterocycles. The highest BCUT2D eigenvalue weighted by Gasteiger charge is 2.30. The second-order valence-corrected chi connectivity index (χ2v) is 7.87. The first-order valence-corrected chi connectivity index (χ1v) is 10.5. The van der Waals surface area contributed by atoms with Crippen LogP contribution in [0.5, 0.6) is 0 Å². The highest BCUT2D eigenvalue weighted by atomic mass is 19.1. The maximum atomic E-state index is 13.3. The highest BCUT2D eigenvalue weighted by Crippen LogP contribution is 2.20. The molecule has 1 saturated carbocycles. The van der Waals surface area contributed by atoms with E-state index < -0.39 is 6.04 Å². The third-order valence-corrected chi connectivity index (χ3v) is 5.62. The van der Waals surface area contributed by atoms with Gasteiger partial charge in [-0.25, -0.2) is 8.78 Å². The van der Waals surface area contributed by atoms with E-state index in [0.29, 0.717) is 12.0 Å². The monoisotopic (exact) mass is 414 g/mol. The molecule has 0 spiro atoms. The minimum atomic E-state index is -0.622. The Kier molecular flexibility index (Phi) is 7.55. The number of rotatable bonds is 8. The van der Waals surface area contributed by atoms with E-state index in [4.69, 9.17) is 0 Å². The summed E-state index contributed by atoms with van der Waals surface area (Å²) in [5.74, 6) is -1.09. The molecule has 2 amide bonds. The second-order valence-electron chi connectivity index (χ2n) is 7.87. The first-order chi connectivity index (χ1) is 14.5. The molecular formula is C24H28F2N2O2. The summed E-state index contributed by atoms with van der Waals surface area (Å²) < 4.78 is 26.5. The van der Waals surface area contributed by atoms with E-state index in [1.54, 1.807) is 29.2 Å². The maximum absolute atomic E-state index is 13.3. The van der Waals surface area contributed by atoms with Crippen molar-refractivity contribution in [2.24, 2.45) is 0 Å². The molecule has 2 aromatic rings. The van der Waals surface area contributed by atoms with E-state index in [2.05, 4.69) is 5.32 Å². The molecule has 1 aliphatic rings. The molecule has 1 atom stereocenters. The van der Waals surface area contributed by atoms with Crippen molar-refractivity contribution in [2.45, 2.75) is 64.1 Å². The Bertz CT molecular complexity index is 847. The number of hydrogen-bond acceptors (Lipinski definition) is 2. The van der Waals surface area contributed by atoms with Gasteiger partial charge in [0.25, 0.3) is 0 Å². The lowest BCUT2D eigenvalue weighted by atomic mass is 10.1. The first kappa shape index (κ1) is 21.9. The Morgan fingerprint density at radius 2 is 1.50 bits per heavy atom. The lowest BCUT2D eigenvalue weighted by Crippen LogP contribution is -2.51. The third kappa shape index (κ3) is 5.88. The van der Waals surface area contributed by atoms with Crippen LogP contribution in [-0.2, 0) is 22.6 Å². The van der Waals surface area contributed by atoms with Crippen LogP contribution >= 0.6 is 0 Å². The van der Waals surface area contributed by atoms with Crippen LogP contribution in [0.15, 0.2) is 48.5 Å². The van der Waals surface area contributed by atoms with Crippen LogP contribution in [0.2, 0.25) is 0 Å². The molecule has 30 heavy (non-hydrogen) atoms. The number of hydrogen-bond donors (Lipinski definition) is 1. The summed E-state index contributed by atoms with van der Waals surface area (Å²) in [4.78, 5) is 27.7. The summed E-state index contributed by atoms with van der Waals surface area (Å²) in [7, 11) is 0. The molecule has 2 aromatic carbocycles. The van der Waals surface area contributed by atoms with E-state index in [-0.39, 0.29) is 42.5 Å². The molecule has 4 nitrogen and oxygen atoms in total. The average Bonchev–Trinajstić information content (AvgIpc) is 3.24. The maximum Gasteiger partial charge on any atom is 0.243 e. The Morgan fingerprint density at radius 3 is 2.03 bits per heavy atom. The normalized spacial score (nSPS) is 15.0. The van der Waals surface area contributed by atoms with Crippen LogP contribution < -0.4 is 5.32 Å². The van der Waals surface area contributed by atoms with Crippen molar-refractivity contribution in [1.29, 1.82) is 0 Å². The zero-order valence-electron chi connectivity index (χ0n) is 17.2. The minimum absolute atomic E-state index is 0.0642. The van der Waals surface area contributed by atoms with Gasteiger partial charge in [-0.3, -0.25) is 9.59 Å². The summed E-state index contributed by atoms with van der Waals surface area (Å²) in [6.07, 6.45) is 4.66. The zero-order chi connectivity index (χ0) is 21.5. The largest absolute Gasteiger partial charge is 0.352 e. The van der Waals surface area contributed by atoms with Crippen molar-refractivity contribution in [3.8, 4) is 0 Å². The molecule has 0 unspecified atom stereocenters. The Morgan fingerprint density at radius 1 is 0.967 bits per heavy atom. The number of carbonyl (C=O) groups excluding carboxylic acids is 2. The molecule has 0 saturated heterocycles. The molecule has 3 rings (SSSR count). The highest BCUT2D eigenvalue weighted by molar-refractivity contribution is 5.88. The number of nitrogens with one attached hydrogen (secondary N) is 1. The topological polar surface area (TPSA) is 49.4 Å². The minimum Gasteiger partial charge on any atom is -0.352 e. The van der Waals surface area contributed by atoms with Crippen molar-refractivity contribution < 1.29 is 18.4 Å². The molecule has 160 valence electrons. The van der Waals surface area contributed by atoms with Gasteiger partial charge in [-0.15, -0.1) is 0 Å². The van der Waals surface area contributed by atoms with Crippen molar-refractivity contribution in [2.75, 3.05) is 0 Å². The van der Waals surface area contributed by atoms with Crippen LogP contribution in [0.25, 0.3) is 0 Å². The fourth-order valence-electron chi connectivity index (χ4n) is 3.95. The number of amides is 2. The van der Waals surface area contributed by atoms with Gasteiger partial charge >= 0.3 is 0 Å². The summed E-state index contributed by atoms with van der Waals surface area (Å²) in [6.45, 7) is 2.08. The van der Waals surface area contributed by atoms with Crippen LogP contribution in [0.1, 0.15) is 50.2 Å². The standard InChI is InChI=1S/C24H28F2N2O2/c1-2-22(24(30)27-21-5-3-4-6-21)28(16-18-9-13-20(26)14-10-18)23(29)15-17-7-11-19(25)12-8-17/h7-14,21-22H,2-6,15-16H2,1H3,(H,27,30)/t22-/m0/s1. The number of halogens is 2. The SMILES string of the molecule is CC[C@@H](C(=O)NC1CCCC1)N(Cc1ccc(F)cc1)C(=O)Cc1ccc(F)cc1. The lowest BCUT2D eigenvalue weighted by Gasteiger charge is -2.31. The predicted molar refractivity (Wildman–Crippen MR) is 112 cm³/mol. The van der Waals surface area contributed by atoms with E-state index in [9.17, 15) is 18.4 Å². The average molecular weight is 414 g/mol. The molecule has 1 N–H and O–H groups in total. The number of benzene rings is 2. The van der Waals surface area contributed by atoms with E-state index in [1.807, 2.05) is 6.92 Å². The van der Waals surface area contributed by atoms with Gasteiger partial charge in [0, 0.05) is 12.6 Å². The van der Waals surface area contributed by atoms with E-state index in [1.165, 1.54) is 24.3 Å². The fourth-order valence-corrected chi connectivity index (χ4v) is 3.95. The van der Waals surface area contributed by atoms with Crippen molar-refractivity contribution in [3.05, 3.63) is 71.3 Å². The molecule has 1 aliphatic carbocycles. The van der Waals surface area contributed by atoms with Gasteiger partial charge in [0.05, 0.1) is 6.42 Å². The van der Waals surface area contributed by atoms with Crippen LogP contribution in [0.4, 0.5) is 8.78 Å². The molecule has 6 heteroatoms. The van der Waals surface area contributed by atoms with Crippen LogP contribution in [-0.4, -0.2) is 28.8 Å². The van der Waals surface area contributed by atoms with Gasteiger partial charge in [-0.1, -0.05) is 44.0 Å². The van der Waals surface area contributed by atoms with Gasteiger partial charge in [-0.2, -0.15) is 0 Å². The van der Waals surface area contributed by atoms with Crippen molar-refractivity contribution in [3.63, 3.8) is 0 Å². The Balaban J connectivity index is 1.80. The summed E-state index contributed by atoms with van der Waals surface area (Å²) in [5.41, 5.74) is 1.42. The predicted octanol–water partition coefficient (Wildman–Crippen LogP) is 4.37. The number of carbonyl (C=O) groups is 2. The van der Waals surface area contributed by atoms with Crippen LogP contribution in [0.3, 0.4) is 0 Å². The smallest absolute Gasteiger partial charge is 0.243 e. The van der Waals surface area contributed by atoms with Crippen LogP contribution in [0, 0.1) is 11.6 Å². The molecule has 1 fully saturated rings. The quantitative estimate of drug-likeness (QED) is 0.697. The van der Waals surface area contributed by atoms with Gasteiger partial charge < -0.3 is 10.2 Å². The summed E-state index contributed by atoms with van der Waals surface area (Å²) in [6, 6.07) is 11.2. The first-order valence-electron chi connectivity index (χ1n) is 10.5. The molecular weight excluding hydrogens is 386 g/mol. The molecule has 0 bridgehead atoms. The number of nitrogens with zero attached hydrogens (tertiary/aromatic N) is 1. The fraction of sp³-hybridized carbons (Fsp3) is 0.417. The molecule has 0 heterocycles. The second kappa shape index (κ2) is 10.3. The van der Waals surface area contributed by atoms with Crippen molar-refractivity contribution in [1.82, 2.24) is 10.2 Å². The lowest BCUT2D eigenvalue weighted by molar-refractivity contribution is -0.141. The van der Waals surface area contributed by atoms with Gasteiger partial charge in [0.1, 0.15) is 17.7 Å². The van der Waals surface area contributed by atoms with Gasteiger partial charge in [0.15, 0.2) is 0 Å². The van der Waals surface area contributed by atoms with Crippen molar-refractivity contribution >= 4 is 11.8 Å². The summed E-state index contributed by atoms with van der Waals surface area (Å²) >= 11 is 0. The Hall–Kier alpha value is -2.76.